The molecule has 0 aromatic heterocycles. The zero-order valence-corrected chi connectivity index (χ0v) is 14.6. The van der Waals surface area contributed by atoms with Crippen LogP contribution < -0.4 is 14.8 Å². The number of methoxy groups -OCH3 is 2. The predicted molar refractivity (Wildman–Crippen MR) is 92.0 cm³/mol. The molecule has 0 radical (unpaired) electrons. The van der Waals surface area contributed by atoms with Gasteiger partial charge in [-0.15, -0.1) is 11.8 Å². The predicted octanol–water partition coefficient (Wildman–Crippen LogP) is 1.92. The number of likely N-dealkylation sites (tertiary alicyclic amines) is 1. The number of benzene rings is 1. The number of hydrogen-bond acceptors (Lipinski definition) is 6. The van der Waals surface area contributed by atoms with Crippen LogP contribution in [0, 0.1) is 11.3 Å². The Labute approximate surface area is 146 Å². The largest absolute Gasteiger partial charge is 0.493 e. The minimum atomic E-state index is -0.283. The third kappa shape index (κ3) is 3.04. The molecule has 1 aromatic carbocycles. The van der Waals surface area contributed by atoms with Crippen molar-refractivity contribution in [1.82, 2.24) is 10.2 Å². The number of nitrogens with one attached hydrogen (secondary N) is 1. The summed E-state index contributed by atoms with van der Waals surface area (Å²) in [5, 5.41) is 12.5. The van der Waals surface area contributed by atoms with Gasteiger partial charge in [0.05, 0.1) is 31.7 Å². The van der Waals surface area contributed by atoms with Gasteiger partial charge in [-0.05, 0) is 18.9 Å². The average molecular weight is 347 g/mol. The Morgan fingerprint density at radius 1 is 1.42 bits per heavy atom. The number of carbonyl (C=O) groups is 1. The van der Waals surface area contributed by atoms with Gasteiger partial charge in [0, 0.05) is 17.9 Å². The SMILES string of the molecule is COc1cccc(C2N[C@H](C(=O)N3CCC[C@H]3C#N)CS2)c1OC. The van der Waals surface area contributed by atoms with E-state index in [0.717, 1.165) is 18.4 Å². The smallest absolute Gasteiger partial charge is 0.241 e. The standard InChI is InChI=1S/C17H21N3O3S/c1-22-14-7-3-6-12(15(14)23-2)16-19-13(10-24-16)17(21)20-8-4-5-11(20)9-18/h3,6-7,11,13,16,19H,4-5,8,10H2,1-2H3/t11-,13-,16?/m0/s1. The molecule has 2 aliphatic heterocycles. The van der Waals surface area contributed by atoms with Crippen molar-refractivity contribution in [2.24, 2.45) is 0 Å². The summed E-state index contributed by atoms with van der Waals surface area (Å²) >= 11 is 1.67. The van der Waals surface area contributed by atoms with Gasteiger partial charge in [0.25, 0.3) is 0 Å². The summed E-state index contributed by atoms with van der Waals surface area (Å²) < 4.78 is 10.8. The number of nitrogens with zero attached hydrogens (tertiary/aromatic N) is 2. The van der Waals surface area contributed by atoms with Crippen molar-refractivity contribution < 1.29 is 14.3 Å². The van der Waals surface area contributed by atoms with Gasteiger partial charge in [-0.1, -0.05) is 12.1 Å². The van der Waals surface area contributed by atoms with Gasteiger partial charge in [-0.25, -0.2) is 0 Å². The molecule has 3 rings (SSSR count). The van der Waals surface area contributed by atoms with Crippen molar-refractivity contribution in [3.63, 3.8) is 0 Å². The Morgan fingerprint density at radius 2 is 2.25 bits per heavy atom. The van der Waals surface area contributed by atoms with Crippen molar-refractivity contribution in [2.75, 3.05) is 26.5 Å². The summed E-state index contributed by atoms with van der Waals surface area (Å²) in [5.74, 6) is 2.07. The second-order valence-corrected chi connectivity index (χ2v) is 6.97. The second kappa shape index (κ2) is 7.32. The number of amides is 1. The van der Waals surface area contributed by atoms with Gasteiger partial charge in [-0.2, -0.15) is 5.26 Å². The van der Waals surface area contributed by atoms with Gasteiger partial charge in [0.1, 0.15) is 6.04 Å². The molecule has 2 fully saturated rings. The molecule has 6 nitrogen and oxygen atoms in total. The van der Waals surface area contributed by atoms with E-state index in [0.29, 0.717) is 23.8 Å². The van der Waals surface area contributed by atoms with E-state index in [9.17, 15) is 10.1 Å². The molecule has 2 saturated heterocycles. The first-order chi connectivity index (χ1) is 11.7. The van der Waals surface area contributed by atoms with Crippen molar-refractivity contribution in [3.8, 4) is 17.6 Å². The average Bonchev–Trinajstić information content (AvgIpc) is 3.29. The summed E-state index contributed by atoms with van der Waals surface area (Å²) in [6.07, 6.45) is 1.67. The molecule has 2 heterocycles. The fourth-order valence-electron chi connectivity index (χ4n) is 3.28. The summed E-state index contributed by atoms with van der Waals surface area (Å²) in [5.41, 5.74) is 0.968. The van der Waals surface area contributed by atoms with Crippen LogP contribution in [0.3, 0.4) is 0 Å². The molecule has 1 N–H and O–H groups in total. The summed E-state index contributed by atoms with van der Waals surface area (Å²) in [6, 6.07) is 7.42. The van der Waals surface area contributed by atoms with Gasteiger partial charge in [0.15, 0.2) is 11.5 Å². The highest BCUT2D eigenvalue weighted by molar-refractivity contribution is 7.99. The number of rotatable bonds is 4. The maximum Gasteiger partial charge on any atom is 0.241 e. The van der Waals surface area contributed by atoms with Crippen LogP contribution in [-0.2, 0) is 4.79 Å². The molecule has 1 unspecified atom stereocenters. The quantitative estimate of drug-likeness (QED) is 0.897. The maximum absolute atomic E-state index is 12.7. The van der Waals surface area contributed by atoms with Crippen LogP contribution in [0.2, 0.25) is 0 Å². The van der Waals surface area contributed by atoms with E-state index in [1.165, 1.54) is 0 Å². The highest BCUT2D eigenvalue weighted by Crippen LogP contribution is 2.42. The molecule has 7 heteroatoms. The van der Waals surface area contributed by atoms with Crippen LogP contribution in [0.1, 0.15) is 23.8 Å². The van der Waals surface area contributed by atoms with Crippen LogP contribution in [0.4, 0.5) is 0 Å². The van der Waals surface area contributed by atoms with Crippen LogP contribution in [0.15, 0.2) is 18.2 Å². The first-order valence-electron chi connectivity index (χ1n) is 7.98. The Bertz CT molecular complexity index is 661. The summed E-state index contributed by atoms with van der Waals surface area (Å²) in [7, 11) is 3.23. The third-order valence-corrected chi connectivity index (χ3v) is 5.73. The molecule has 0 bridgehead atoms. The maximum atomic E-state index is 12.7. The van der Waals surface area contributed by atoms with E-state index >= 15 is 0 Å². The van der Waals surface area contributed by atoms with Crippen LogP contribution >= 0.6 is 11.8 Å². The molecular formula is C17H21N3O3S. The van der Waals surface area contributed by atoms with Gasteiger partial charge >= 0.3 is 0 Å². The molecule has 0 spiro atoms. The molecule has 128 valence electrons. The Kier molecular flexibility index (Phi) is 5.17. The number of para-hydroxylation sites is 1. The lowest BCUT2D eigenvalue weighted by Crippen LogP contribution is -2.46. The van der Waals surface area contributed by atoms with Gasteiger partial charge in [0.2, 0.25) is 5.91 Å². The topological polar surface area (TPSA) is 74.6 Å². The Morgan fingerprint density at radius 3 is 2.96 bits per heavy atom. The Hall–Kier alpha value is -1.91. The lowest BCUT2D eigenvalue weighted by atomic mass is 10.1. The number of ether oxygens (including phenoxy) is 2. The molecule has 1 aromatic rings. The van der Waals surface area contributed by atoms with Crippen LogP contribution in [0.25, 0.3) is 0 Å². The van der Waals surface area contributed by atoms with Crippen LogP contribution in [-0.4, -0.2) is 49.4 Å². The van der Waals surface area contributed by atoms with Crippen molar-refractivity contribution in [3.05, 3.63) is 23.8 Å². The van der Waals surface area contributed by atoms with Crippen molar-refractivity contribution >= 4 is 17.7 Å². The molecule has 1 amide bonds. The normalized spacial score (nSPS) is 26.2. The van der Waals surface area contributed by atoms with E-state index in [4.69, 9.17) is 9.47 Å². The minimum absolute atomic E-state index is 0.0240. The van der Waals surface area contributed by atoms with Gasteiger partial charge < -0.3 is 14.4 Å². The first-order valence-corrected chi connectivity index (χ1v) is 9.03. The molecule has 24 heavy (non-hydrogen) atoms. The minimum Gasteiger partial charge on any atom is -0.493 e. The molecule has 3 atom stereocenters. The number of hydrogen-bond donors (Lipinski definition) is 1. The summed E-state index contributed by atoms with van der Waals surface area (Å²) in [4.78, 5) is 14.4. The van der Waals surface area contributed by atoms with Crippen molar-refractivity contribution in [2.45, 2.75) is 30.3 Å². The summed E-state index contributed by atoms with van der Waals surface area (Å²) in [6.45, 7) is 0.674. The van der Waals surface area contributed by atoms with Crippen LogP contribution in [0.5, 0.6) is 11.5 Å². The fraction of sp³-hybridized carbons (Fsp3) is 0.529. The number of nitriles is 1. The number of thioether (sulfide) groups is 1. The van der Waals surface area contributed by atoms with Gasteiger partial charge in [-0.3, -0.25) is 10.1 Å². The molecule has 0 aliphatic carbocycles. The lowest BCUT2D eigenvalue weighted by molar-refractivity contribution is -0.132. The zero-order valence-electron chi connectivity index (χ0n) is 13.8. The van der Waals surface area contributed by atoms with E-state index in [1.807, 2.05) is 18.2 Å². The van der Waals surface area contributed by atoms with E-state index in [2.05, 4.69) is 11.4 Å². The number of carbonyl (C=O) groups excluding carboxylic acids is 1. The molecule has 2 aliphatic rings. The second-order valence-electron chi connectivity index (χ2n) is 5.83. The first kappa shape index (κ1) is 16.9. The van der Waals surface area contributed by atoms with E-state index in [-0.39, 0.29) is 23.4 Å². The van der Waals surface area contributed by atoms with E-state index < -0.39 is 0 Å². The highest BCUT2D eigenvalue weighted by Gasteiger charge is 2.38. The lowest BCUT2D eigenvalue weighted by Gasteiger charge is -2.23. The zero-order chi connectivity index (χ0) is 17.1. The fourth-order valence-corrected chi connectivity index (χ4v) is 4.53. The molecule has 0 saturated carbocycles. The third-order valence-electron chi connectivity index (χ3n) is 4.48. The Balaban J connectivity index is 1.74. The van der Waals surface area contributed by atoms with Crippen molar-refractivity contribution in [1.29, 1.82) is 5.26 Å². The highest BCUT2D eigenvalue weighted by atomic mass is 32.2. The monoisotopic (exact) mass is 347 g/mol. The van der Waals surface area contributed by atoms with E-state index in [1.54, 1.807) is 30.9 Å². The molecular weight excluding hydrogens is 326 g/mol.